The second-order valence-corrected chi connectivity index (χ2v) is 5.00. The first-order chi connectivity index (χ1) is 8.60. The Morgan fingerprint density at radius 1 is 1.33 bits per heavy atom. The summed E-state index contributed by atoms with van der Waals surface area (Å²) in [5.41, 5.74) is 1.03. The van der Waals surface area contributed by atoms with Crippen molar-refractivity contribution in [3.63, 3.8) is 0 Å². The van der Waals surface area contributed by atoms with Crippen molar-refractivity contribution in [2.24, 2.45) is 0 Å². The highest BCUT2D eigenvalue weighted by molar-refractivity contribution is 7.09. The van der Waals surface area contributed by atoms with Crippen molar-refractivity contribution in [1.29, 1.82) is 0 Å². The van der Waals surface area contributed by atoms with Gasteiger partial charge in [-0.1, -0.05) is 0 Å². The topological polar surface area (TPSA) is 22.1 Å². The Balaban J connectivity index is 2.14. The standard InChI is InChI=1S/C12H10ClF2NOS/c1-7-16-9(6-18-7)5-17-12-10(14)2-8(4-13)3-11(12)15/h2-3,6H,4-5H2,1H3. The fourth-order valence-electron chi connectivity index (χ4n) is 1.45. The van der Waals surface area contributed by atoms with Crippen LogP contribution in [0.2, 0.25) is 0 Å². The Morgan fingerprint density at radius 3 is 2.50 bits per heavy atom. The fraction of sp³-hybridized carbons (Fsp3) is 0.250. The zero-order valence-electron chi connectivity index (χ0n) is 9.54. The molecule has 18 heavy (non-hydrogen) atoms. The van der Waals surface area contributed by atoms with Gasteiger partial charge in [0.1, 0.15) is 6.61 Å². The molecule has 6 heteroatoms. The molecule has 0 amide bonds. The predicted octanol–water partition coefficient (Wildman–Crippen LogP) is 4.05. The summed E-state index contributed by atoms with van der Waals surface area (Å²) in [4.78, 5) is 4.15. The highest BCUT2D eigenvalue weighted by Gasteiger charge is 2.13. The van der Waals surface area contributed by atoms with Gasteiger partial charge in [0, 0.05) is 11.3 Å². The van der Waals surface area contributed by atoms with E-state index in [-0.39, 0.29) is 12.5 Å². The Bertz CT molecular complexity index is 536. The van der Waals surface area contributed by atoms with Crippen molar-refractivity contribution in [1.82, 2.24) is 4.98 Å². The summed E-state index contributed by atoms with van der Waals surface area (Å²) in [5.74, 6) is -1.84. The van der Waals surface area contributed by atoms with Crippen LogP contribution in [-0.2, 0) is 12.5 Å². The number of rotatable bonds is 4. The van der Waals surface area contributed by atoms with Crippen molar-refractivity contribution in [2.75, 3.05) is 0 Å². The molecule has 0 spiro atoms. The van der Waals surface area contributed by atoms with E-state index in [0.717, 1.165) is 17.1 Å². The molecule has 2 nitrogen and oxygen atoms in total. The van der Waals surface area contributed by atoms with Crippen molar-refractivity contribution in [2.45, 2.75) is 19.4 Å². The lowest BCUT2D eigenvalue weighted by Gasteiger charge is -2.08. The van der Waals surface area contributed by atoms with Crippen molar-refractivity contribution >= 4 is 22.9 Å². The normalized spacial score (nSPS) is 10.7. The van der Waals surface area contributed by atoms with E-state index in [9.17, 15) is 8.78 Å². The average Bonchev–Trinajstić information content (AvgIpc) is 2.73. The summed E-state index contributed by atoms with van der Waals surface area (Å²) in [7, 11) is 0. The molecular formula is C12H10ClF2NOS. The first-order valence-corrected chi connectivity index (χ1v) is 6.59. The van der Waals surface area contributed by atoms with Crippen LogP contribution in [-0.4, -0.2) is 4.98 Å². The molecule has 0 atom stereocenters. The number of ether oxygens (including phenoxy) is 1. The SMILES string of the molecule is Cc1nc(COc2c(F)cc(CCl)cc2F)cs1. The maximum Gasteiger partial charge on any atom is 0.191 e. The average molecular weight is 290 g/mol. The van der Waals surface area contributed by atoms with E-state index in [4.69, 9.17) is 16.3 Å². The van der Waals surface area contributed by atoms with Crippen LogP contribution in [0.1, 0.15) is 16.3 Å². The summed E-state index contributed by atoms with van der Waals surface area (Å²) in [6.07, 6.45) is 0. The molecule has 0 aliphatic rings. The van der Waals surface area contributed by atoms with Crippen molar-refractivity contribution < 1.29 is 13.5 Å². The van der Waals surface area contributed by atoms with Gasteiger partial charge in [0.05, 0.1) is 10.7 Å². The van der Waals surface area contributed by atoms with E-state index >= 15 is 0 Å². The number of thiazole rings is 1. The molecule has 2 rings (SSSR count). The summed E-state index contributed by atoms with van der Waals surface area (Å²) in [6, 6.07) is 2.33. The second-order valence-electron chi connectivity index (χ2n) is 3.67. The Hall–Kier alpha value is -1.20. The number of aromatic nitrogens is 1. The van der Waals surface area contributed by atoms with E-state index < -0.39 is 17.4 Å². The molecule has 0 unspecified atom stereocenters. The van der Waals surface area contributed by atoms with Crippen LogP contribution in [0.3, 0.4) is 0 Å². The summed E-state index contributed by atoms with van der Waals surface area (Å²) in [5, 5.41) is 2.67. The summed E-state index contributed by atoms with van der Waals surface area (Å²) in [6.45, 7) is 1.89. The molecule has 0 aliphatic heterocycles. The lowest BCUT2D eigenvalue weighted by atomic mass is 10.2. The van der Waals surface area contributed by atoms with Gasteiger partial charge in [-0.2, -0.15) is 0 Å². The van der Waals surface area contributed by atoms with Gasteiger partial charge in [-0.05, 0) is 24.6 Å². The third-order valence-corrected chi connectivity index (χ3v) is 3.37. The van der Waals surface area contributed by atoms with Crippen LogP contribution in [0, 0.1) is 18.6 Å². The van der Waals surface area contributed by atoms with Crippen LogP contribution >= 0.6 is 22.9 Å². The second kappa shape index (κ2) is 5.63. The lowest BCUT2D eigenvalue weighted by Crippen LogP contribution is -2.01. The number of hydrogen-bond acceptors (Lipinski definition) is 3. The molecule has 2 aromatic rings. The summed E-state index contributed by atoms with van der Waals surface area (Å²) >= 11 is 6.97. The Labute approximate surface area is 112 Å². The number of nitrogens with zero attached hydrogens (tertiary/aromatic N) is 1. The molecule has 0 bridgehead atoms. The van der Waals surface area contributed by atoms with E-state index in [0.29, 0.717) is 11.3 Å². The molecule has 0 saturated heterocycles. The van der Waals surface area contributed by atoms with Crippen molar-refractivity contribution in [3.8, 4) is 5.75 Å². The van der Waals surface area contributed by atoms with Gasteiger partial charge in [-0.15, -0.1) is 22.9 Å². The van der Waals surface area contributed by atoms with E-state index in [1.54, 1.807) is 5.38 Å². The maximum absolute atomic E-state index is 13.6. The van der Waals surface area contributed by atoms with Gasteiger partial charge in [0.25, 0.3) is 0 Å². The first kappa shape index (κ1) is 13.2. The molecule has 0 N–H and O–H groups in total. The minimum absolute atomic E-state index is 0.0401. The van der Waals surface area contributed by atoms with E-state index in [1.807, 2.05) is 6.92 Å². The lowest BCUT2D eigenvalue weighted by molar-refractivity contribution is 0.270. The molecule has 1 aromatic heterocycles. The minimum atomic E-state index is -0.752. The Morgan fingerprint density at radius 2 is 2.00 bits per heavy atom. The smallest absolute Gasteiger partial charge is 0.191 e. The van der Waals surface area contributed by atoms with Gasteiger partial charge in [0.15, 0.2) is 17.4 Å². The van der Waals surface area contributed by atoms with E-state index in [1.165, 1.54) is 11.3 Å². The largest absolute Gasteiger partial charge is 0.481 e. The summed E-state index contributed by atoms with van der Waals surface area (Å²) < 4.78 is 32.2. The number of halogens is 3. The van der Waals surface area contributed by atoms with Crippen LogP contribution < -0.4 is 4.74 Å². The molecule has 96 valence electrons. The molecule has 0 saturated carbocycles. The number of benzene rings is 1. The number of aryl methyl sites for hydroxylation is 1. The van der Waals surface area contributed by atoms with Gasteiger partial charge in [-0.25, -0.2) is 13.8 Å². The van der Waals surface area contributed by atoms with Crippen LogP contribution in [0.4, 0.5) is 8.78 Å². The number of alkyl halides is 1. The Kier molecular flexibility index (Phi) is 4.14. The molecule has 0 aliphatic carbocycles. The maximum atomic E-state index is 13.6. The molecular weight excluding hydrogens is 280 g/mol. The van der Waals surface area contributed by atoms with Gasteiger partial charge in [-0.3, -0.25) is 0 Å². The van der Waals surface area contributed by atoms with Crippen LogP contribution in [0.5, 0.6) is 5.75 Å². The van der Waals surface area contributed by atoms with Gasteiger partial charge < -0.3 is 4.74 Å². The monoisotopic (exact) mass is 289 g/mol. The van der Waals surface area contributed by atoms with Crippen LogP contribution in [0.25, 0.3) is 0 Å². The van der Waals surface area contributed by atoms with Gasteiger partial charge in [0.2, 0.25) is 0 Å². The number of hydrogen-bond donors (Lipinski definition) is 0. The molecule has 1 heterocycles. The zero-order chi connectivity index (χ0) is 13.1. The van der Waals surface area contributed by atoms with Crippen molar-refractivity contribution in [3.05, 3.63) is 45.4 Å². The third kappa shape index (κ3) is 2.97. The quantitative estimate of drug-likeness (QED) is 0.792. The molecule has 1 aromatic carbocycles. The fourth-order valence-corrected chi connectivity index (χ4v) is 2.20. The minimum Gasteiger partial charge on any atom is -0.481 e. The first-order valence-electron chi connectivity index (χ1n) is 5.18. The zero-order valence-corrected chi connectivity index (χ0v) is 11.1. The highest BCUT2D eigenvalue weighted by atomic mass is 35.5. The third-order valence-electron chi connectivity index (χ3n) is 2.24. The van der Waals surface area contributed by atoms with Gasteiger partial charge >= 0.3 is 0 Å². The predicted molar refractivity (Wildman–Crippen MR) is 67.1 cm³/mol. The highest BCUT2D eigenvalue weighted by Crippen LogP contribution is 2.25. The molecule has 0 fully saturated rings. The molecule has 0 radical (unpaired) electrons. The van der Waals surface area contributed by atoms with E-state index in [2.05, 4.69) is 4.98 Å². The van der Waals surface area contributed by atoms with Crippen LogP contribution in [0.15, 0.2) is 17.5 Å².